The summed E-state index contributed by atoms with van der Waals surface area (Å²) in [4.78, 5) is 24.9. The van der Waals surface area contributed by atoms with Crippen molar-refractivity contribution in [2.24, 2.45) is 0 Å². The Morgan fingerprint density at radius 1 is 1.33 bits per heavy atom. The third-order valence-electron chi connectivity index (χ3n) is 5.25. The number of anilines is 1. The fourth-order valence-electron chi connectivity index (χ4n) is 3.59. The number of ether oxygens (including phenoxy) is 1. The van der Waals surface area contributed by atoms with Crippen molar-refractivity contribution in [3.63, 3.8) is 0 Å². The van der Waals surface area contributed by atoms with E-state index in [1.165, 1.54) is 12.7 Å². The van der Waals surface area contributed by atoms with Crippen LogP contribution in [0.25, 0.3) is 11.2 Å². The quantitative estimate of drug-likeness (QED) is 0.411. The van der Waals surface area contributed by atoms with Crippen molar-refractivity contribution in [2.75, 3.05) is 12.3 Å². The highest BCUT2D eigenvalue weighted by molar-refractivity contribution is 5.96. The number of aryl methyl sites for hydroxylation is 2. The Balaban J connectivity index is 1.45. The van der Waals surface area contributed by atoms with Crippen LogP contribution in [0.15, 0.2) is 17.2 Å². The first-order chi connectivity index (χ1) is 14.4. The first kappa shape index (κ1) is 20.2. The zero-order valence-corrected chi connectivity index (χ0v) is 16.5. The molecule has 4 heterocycles. The largest absolute Gasteiger partial charge is 0.388 e. The number of nitrogen functional groups attached to an aromatic ring is 1. The third-order valence-corrected chi connectivity index (χ3v) is 5.25. The molecule has 12 heteroatoms. The lowest BCUT2D eigenvalue weighted by atomic mass is 9.97. The molecule has 0 unspecified atom stereocenters. The number of hydrogen-bond donors (Lipinski definition) is 4. The number of amides is 1. The Kier molecular flexibility index (Phi) is 5.37. The average molecular weight is 417 g/mol. The van der Waals surface area contributed by atoms with E-state index in [0.29, 0.717) is 34.6 Å². The molecule has 1 aliphatic rings. The molecule has 0 aliphatic carbocycles. The van der Waals surface area contributed by atoms with Crippen LogP contribution in [0, 0.1) is 6.92 Å². The van der Waals surface area contributed by atoms with Crippen molar-refractivity contribution in [1.82, 2.24) is 30.0 Å². The second-order valence-electron chi connectivity index (χ2n) is 7.17. The molecule has 0 saturated carbocycles. The number of hydrogen-bond acceptors (Lipinski definition) is 10. The summed E-state index contributed by atoms with van der Waals surface area (Å²) in [5, 5.41) is 27.7. The van der Waals surface area contributed by atoms with Crippen LogP contribution in [0.5, 0.6) is 0 Å². The minimum atomic E-state index is -1.24. The number of nitrogens with zero attached hydrogens (tertiary/aromatic N) is 5. The van der Waals surface area contributed by atoms with Crippen LogP contribution in [0.1, 0.15) is 28.7 Å². The average Bonchev–Trinajstić information content (AvgIpc) is 3.31. The molecule has 1 saturated heterocycles. The third kappa shape index (κ3) is 3.49. The number of nitrogens with one attached hydrogen (secondary N) is 1. The highest BCUT2D eigenvalue weighted by Gasteiger charge is 2.40. The van der Waals surface area contributed by atoms with Gasteiger partial charge in [-0.05, 0) is 13.3 Å². The van der Waals surface area contributed by atoms with E-state index in [9.17, 15) is 15.0 Å². The van der Waals surface area contributed by atoms with Gasteiger partial charge in [0.25, 0.3) is 5.91 Å². The molecule has 0 radical (unpaired) electrons. The lowest BCUT2D eigenvalue weighted by Crippen LogP contribution is -2.60. The minimum Gasteiger partial charge on any atom is -0.388 e. The molecule has 1 aliphatic heterocycles. The van der Waals surface area contributed by atoms with Gasteiger partial charge in [-0.2, -0.15) is 0 Å². The zero-order valence-electron chi connectivity index (χ0n) is 16.5. The van der Waals surface area contributed by atoms with Crippen LogP contribution in [0.2, 0.25) is 0 Å². The van der Waals surface area contributed by atoms with E-state index in [1.54, 1.807) is 11.5 Å². The predicted molar refractivity (Wildman–Crippen MR) is 103 cm³/mol. The van der Waals surface area contributed by atoms with Gasteiger partial charge < -0.3 is 35.1 Å². The van der Waals surface area contributed by atoms with Crippen LogP contribution in [0.4, 0.5) is 5.82 Å². The lowest BCUT2D eigenvalue weighted by Gasteiger charge is -2.38. The number of aliphatic hydroxyl groups excluding tert-OH is 2. The molecule has 3 aromatic heterocycles. The molecule has 0 spiro atoms. The topological polar surface area (TPSA) is 174 Å². The highest BCUT2D eigenvalue weighted by atomic mass is 16.5. The summed E-state index contributed by atoms with van der Waals surface area (Å²) in [6, 6.07) is -0.791. The van der Waals surface area contributed by atoms with Crippen molar-refractivity contribution < 1.29 is 24.3 Å². The molecule has 3 aromatic rings. The maximum Gasteiger partial charge on any atom is 0.257 e. The number of carbonyl (C=O) groups is 1. The summed E-state index contributed by atoms with van der Waals surface area (Å²) in [6.45, 7) is 3.71. The molecule has 4 rings (SSSR count). The van der Waals surface area contributed by atoms with Crippen molar-refractivity contribution in [3.8, 4) is 0 Å². The van der Waals surface area contributed by atoms with Crippen LogP contribution < -0.4 is 11.1 Å². The summed E-state index contributed by atoms with van der Waals surface area (Å²) in [5.74, 6) is 0.209. The van der Waals surface area contributed by atoms with Crippen LogP contribution in [-0.4, -0.2) is 71.8 Å². The first-order valence-corrected chi connectivity index (χ1v) is 9.55. The van der Waals surface area contributed by atoms with Crippen LogP contribution >= 0.6 is 0 Å². The Morgan fingerprint density at radius 3 is 2.90 bits per heavy atom. The molecule has 0 aromatic carbocycles. The molecule has 12 nitrogen and oxygen atoms in total. The highest BCUT2D eigenvalue weighted by Crippen LogP contribution is 2.21. The summed E-state index contributed by atoms with van der Waals surface area (Å²) in [7, 11) is 0. The number of rotatable bonds is 5. The van der Waals surface area contributed by atoms with E-state index >= 15 is 0 Å². The Hall–Kier alpha value is -3.09. The first-order valence-electron chi connectivity index (χ1n) is 9.55. The predicted octanol–water partition coefficient (Wildman–Crippen LogP) is -0.813. The van der Waals surface area contributed by atoms with Gasteiger partial charge in [0.1, 0.15) is 41.5 Å². The molecule has 30 heavy (non-hydrogen) atoms. The van der Waals surface area contributed by atoms with Gasteiger partial charge in [-0.1, -0.05) is 12.1 Å². The number of nitrogens with two attached hydrogens (primary N) is 1. The molecule has 4 atom stereocenters. The van der Waals surface area contributed by atoms with Crippen molar-refractivity contribution in [3.05, 3.63) is 29.7 Å². The van der Waals surface area contributed by atoms with E-state index in [1.807, 2.05) is 6.92 Å². The molecule has 5 N–H and O–H groups in total. The van der Waals surface area contributed by atoms with Gasteiger partial charge in [0.15, 0.2) is 11.5 Å². The van der Waals surface area contributed by atoms with Gasteiger partial charge in [-0.3, -0.25) is 4.79 Å². The lowest BCUT2D eigenvalue weighted by molar-refractivity contribution is -0.152. The van der Waals surface area contributed by atoms with Crippen LogP contribution in [0.3, 0.4) is 0 Å². The second kappa shape index (κ2) is 7.97. The minimum absolute atomic E-state index is 0.0180. The fourth-order valence-corrected chi connectivity index (χ4v) is 3.59. The molecular formula is C18H23N7O5. The van der Waals surface area contributed by atoms with E-state index in [2.05, 4.69) is 25.4 Å². The van der Waals surface area contributed by atoms with Gasteiger partial charge in [-0.25, -0.2) is 15.0 Å². The summed E-state index contributed by atoms with van der Waals surface area (Å²) >= 11 is 0. The van der Waals surface area contributed by atoms with E-state index < -0.39 is 30.3 Å². The number of imidazole rings is 1. The maximum atomic E-state index is 12.6. The van der Waals surface area contributed by atoms with Gasteiger partial charge in [0.05, 0.1) is 31.2 Å². The number of fused-ring (bicyclic) bond motifs is 1. The van der Waals surface area contributed by atoms with Gasteiger partial charge in [0, 0.05) is 0 Å². The summed E-state index contributed by atoms with van der Waals surface area (Å²) in [5.41, 5.74) is 7.60. The van der Waals surface area contributed by atoms with E-state index in [0.717, 1.165) is 0 Å². The van der Waals surface area contributed by atoms with Gasteiger partial charge in [0.2, 0.25) is 0 Å². The monoisotopic (exact) mass is 417 g/mol. The summed E-state index contributed by atoms with van der Waals surface area (Å²) < 4.78 is 12.5. The van der Waals surface area contributed by atoms with E-state index in [-0.39, 0.29) is 19.0 Å². The van der Waals surface area contributed by atoms with E-state index in [4.69, 9.17) is 15.0 Å². The number of aromatic nitrogens is 5. The molecule has 1 fully saturated rings. The van der Waals surface area contributed by atoms with Crippen LogP contribution in [-0.2, 0) is 17.7 Å². The van der Waals surface area contributed by atoms with Crippen molar-refractivity contribution in [2.45, 2.75) is 51.2 Å². The van der Waals surface area contributed by atoms with Crippen molar-refractivity contribution >= 4 is 22.9 Å². The smallest absolute Gasteiger partial charge is 0.257 e. The molecule has 1 amide bonds. The number of carbonyl (C=O) groups excluding carboxylic acids is 1. The standard InChI is InChI=1S/C18H23N7O5/c1-3-9-12(8(2)30-24-9)18(28)23-10-5-29-11(15(27)14(10)26)4-25-7-22-13-16(19)20-6-21-17(13)25/h6-7,10-11,14-15,26-27H,3-5H2,1-2H3,(H,23,28)(H2,19,20,21)/t10-,11-,14+,15-/m1/s1. The zero-order chi connectivity index (χ0) is 21.4. The Morgan fingerprint density at radius 2 is 2.13 bits per heavy atom. The molecule has 160 valence electrons. The molecular weight excluding hydrogens is 394 g/mol. The second-order valence-corrected chi connectivity index (χ2v) is 7.17. The normalized spacial score (nSPS) is 24.3. The Bertz CT molecular complexity index is 1060. The van der Waals surface area contributed by atoms with Crippen molar-refractivity contribution in [1.29, 1.82) is 0 Å². The fraction of sp³-hybridized carbons (Fsp3) is 0.500. The van der Waals surface area contributed by atoms with Gasteiger partial charge in [-0.15, -0.1) is 0 Å². The number of aliphatic hydroxyl groups is 2. The SMILES string of the molecule is CCc1noc(C)c1C(=O)N[C@@H]1CO[C@H](Cn2cnc3c(N)ncnc32)[C@@H](O)[C@H]1O. The maximum absolute atomic E-state index is 12.6. The molecule has 0 bridgehead atoms. The Labute approximate surface area is 171 Å². The summed E-state index contributed by atoms with van der Waals surface area (Å²) in [6.07, 6.45) is 0.174. The van der Waals surface area contributed by atoms with Gasteiger partial charge >= 0.3 is 0 Å².